The Hall–Kier alpha value is -3.02. The Balaban J connectivity index is 1.58. The predicted molar refractivity (Wildman–Crippen MR) is 99.3 cm³/mol. The fraction of sp³-hybridized carbons (Fsp3) is 0.263. The molecule has 0 saturated heterocycles. The van der Waals surface area contributed by atoms with Gasteiger partial charge in [0.15, 0.2) is 5.96 Å². The van der Waals surface area contributed by atoms with Gasteiger partial charge in [0.2, 0.25) is 0 Å². The molecular weight excluding hydrogens is 314 g/mol. The number of rotatable bonds is 6. The van der Waals surface area contributed by atoms with E-state index in [9.17, 15) is 0 Å². The highest BCUT2D eigenvalue weighted by Gasteiger charge is 2.10. The number of furan rings is 1. The number of benzene rings is 1. The molecule has 0 aliphatic rings. The lowest BCUT2D eigenvalue weighted by molar-refractivity contribution is 0.507. The van der Waals surface area contributed by atoms with Gasteiger partial charge in [0.25, 0.3) is 0 Å². The standard InChI is InChI=1S/C19H23N5O/c1-20-19(21-11-10-17-9-6-12-25-17)22-13-16-14-24(2)23-18(16)15-7-4-3-5-8-15/h3-9,12,14H,10-11,13H2,1-2H3,(H2,20,21,22). The molecule has 0 radical (unpaired) electrons. The molecule has 2 N–H and O–H groups in total. The van der Waals surface area contributed by atoms with Crippen LogP contribution in [0, 0.1) is 0 Å². The van der Waals surface area contributed by atoms with Crippen molar-refractivity contribution in [3.05, 3.63) is 66.2 Å². The maximum atomic E-state index is 5.33. The molecule has 2 heterocycles. The summed E-state index contributed by atoms with van der Waals surface area (Å²) < 4.78 is 7.17. The zero-order valence-corrected chi connectivity index (χ0v) is 14.6. The Bertz CT molecular complexity index is 806. The second-order valence-corrected chi connectivity index (χ2v) is 5.72. The van der Waals surface area contributed by atoms with Crippen molar-refractivity contribution in [2.24, 2.45) is 12.0 Å². The average molecular weight is 337 g/mol. The van der Waals surface area contributed by atoms with E-state index in [4.69, 9.17) is 4.42 Å². The minimum absolute atomic E-state index is 0.651. The number of nitrogens with zero attached hydrogens (tertiary/aromatic N) is 3. The van der Waals surface area contributed by atoms with E-state index in [2.05, 4.69) is 32.9 Å². The molecule has 130 valence electrons. The molecule has 3 rings (SSSR count). The SMILES string of the molecule is CN=C(NCCc1ccco1)NCc1cn(C)nc1-c1ccccc1. The van der Waals surface area contributed by atoms with Crippen molar-refractivity contribution in [3.8, 4) is 11.3 Å². The highest BCUT2D eigenvalue weighted by Crippen LogP contribution is 2.21. The molecule has 0 atom stereocenters. The molecule has 0 bridgehead atoms. The molecule has 1 aromatic carbocycles. The van der Waals surface area contributed by atoms with Crippen LogP contribution in [-0.4, -0.2) is 29.3 Å². The van der Waals surface area contributed by atoms with Crippen molar-refractivity contribution in [2.45, 2.75) is 13.0 Å². The van der Waals surface area contributed by atoms with E-state index in [1.54, 1.807) is 13.3 Å². The van der Waals surface area contributed by atoms with Gasteiger partial charge in [-0.2, -0.15) is 5.10 Å². The van der Waals surface area contributed by atoms with Gasteiger partial charge in [0.1, 0.15) is 5.76 Å². The summed E-state index contributed by atoms with van der Waals surface area (Å²) in [7, 11) is 3.70. The van der Waals surface area contributed by atoms with E-state index >= 15 is 0 Å². The van der Waals surface area contributed by atoms with Crippen LogP contribution in [0.15, 0.2) is 64.3 Å². The van der Waals surface area contributed by atoms with Crippen LogP contribution in [-0.2, 0) is 20.0 Å². The molecule has 0 unspecified atom stereocenters. The quantitative estimate of drug-likeness (QED) is 0.536. The molecule has 0 spiro atoms. The first-order chi connectivity index (χ1) is 12.3. The van der Waals surface area contributed by atoms with Crippen LogP contribution in [0.25, 0.3) is 11.3 Å². The van der Waals surface area contributed by atoms with E-state index in [-0.39, 0.29) is 0 Å². The van der Waals surface area contributed by atoms with Crippen LogP contribution in [0.4, 0.5) is 0 Å². The van der Waals surface area contributed by atoms with Crippen molar-refractivity contribution in [3.63, 3.8) is 0 Å². The summed E-state index contributed by atoms with van der Waals surface area (Å²) >= 11 is 0. The monoisotopic (exact) mass is 337 g/mol. The Kier molecular flexibility index (Phi) is 5.51. The summed E-state index contributed by atoms with van der Waals surface area (Å²) in [5.74, 6) is 1.72. The Morgan fingerprint density at radius 3 is 2.72 bits per heavy atom. The first-order valence-corrected chi connectivity index (χ1v) is 8.31. The van der Waals surface area contributed by atoms with E-state index in [0.717, 1.165) is 41.5 Å². The van der Waals surface area contributed by atoms with Gasteiger partial charge in [-0.05, 0) is 12.1 Å². The molecule has 25 heavy (non-hydrogen) atoms. The number of aromatic nitrogens is 2. The normalized spacial score (nSPS) is 11.5. The molecule has 0 amide bonds. The molecule has 0 saturated carbocycles. The largest absolute Gasteiger partial charge is 0.469 e. The van der Waals surface area contributed by atoms with Gasteiger partial charge in [-0.25, -0.2) is 0 Å². The molecule has 2 aromatic heterocycles. The van der Waals surface area contributed by atoms with Crippen LogP contribution in [0.5, 0.6) is 0 Å². The van der Waals surface area contributed by atoms with Gasteiger partial charge >= 0.3 is 0 Å². The van der Waals surface area contributed by atoms with Crippen LogP contribution >= 0.6 is 0 Å². The molecule has 6 nitrogen and oxygen atoms in total. The zero-order chi connectivity index (χ0) is 17.5. The minimum Gasteiger partial charge on any atom is -0.469 e. The first kappa shape index (κ1) is 16.8. The molecular formula is C19H23N5O. The van der Waals surface area contributed by atoms with E-state index in [1.807, 2.05) is 48.3 Å². The third kappa shape index (κ3) is 4.50. The molecule has 3 aromatic rings. The van der Waals surface area contributed by atoms with E-state index in [0.29, 0.717) is 6.54 Å². The zero-order valence-electron chi connectivity index (χ0n) is 14.6. The van der Waals surface area contributed by atoms with Crippen molar-refractivity contribution in [2.75, 3.05) is 13.6 Å². The number of nitrogens with one attached hydrogen (secondary N) is 2. The number of guanidine groups is 1. The summed E-state index contributed by atoms with van der Waals surface area (Å²) in [6.45, 7) is 1.41. The maximum absolute atomic E-state index is 5.33. The van der Waals surface area contributed by atoms with Gasteiger partial charge in [-0.3, -0.25) is 9.67 Å². The number of hydrogen-bond acceptors (Lipinski definition) is 3. The van der Waals surface area contributed by atoms with E-state index in [1.165, 1.54) is 0 Å². The van der Waals surface area contributed by atoms with Gasteiger partial charge in [-0.15, -0.1) is 0 Å². The van der Waals surface area contributed by atoms with E-state index < -0.39 is 0 Å². The fourth-order valence-electron chi connectivity index (χ4n) is 2.66. The van der Waals surface area contributed by atoms with Crippen LogP contribution < -0.4 is 10.6 Å². The van der Waals surface area contributed by atoms with Crippen LogP contribution in [0.1, 0.15) is 11.3 Å². The van der Waals surface area contributed by atoms with Gasteiger partial charge < -0.3 is 15.1 Å². The van der Waals surface area contributed by atoms with Crippen LogP contribution in [0.3, 0.4) is 0 Å². The summed E-state index contributed by atoms with van der Waals surface area (Å²) in [4.78, 5) is 4.27. The number of aryl methyl sites for hydroxylation is 1. The van der Waals surface area contributed by atoms with Gasteiger partial charge in [0.05, 0.1) is 12.0 Å². The third-order valence-electron chi connectivity index (χ3n) is 3.87. The number of aliphatic imine (C=N–C) groups is 1. The lowest BCUT2D eigenvalue weighted by atomic mass is 10.1. The Morgan fingerprint density at radius 1 is 1.16 bits per heavy atom. The smallest absolute Gasteiger partial charge is 0.191 e. The van der Waals surface area contributed by atoms with Crippen molar-refractivity contribution < 1.29 is 4.42 Å². The van der Waals surface area contributed by atoms with Crippen LogP contribution in [0.2, 0.25) is 0 Å². The lowest BCUT2D eigenvalue weighted by Gasteiger charge is -2.11. The highest BCUT2D eigenvalue weighted by molar-refractivity contribution is 5.79. The average Bonchev–Trinajstić information content (AvgIpc) is 3.28. The van der Waals surface area contributed by atoms with Crippen molar-refractivity contribution >= 4 is 5.96 Å². The van der Waals surface area contributed by atoms with Crippen molar-refractivity contribution in [1.82, 2.24) is 20.4 Å². The first-order valence-electron chi connectivity index (χ1n) is 8.31. The maximum Gasteiger partial charge on any atom is 0.191 e. The molecule has 0 fully saturated rings. The summed E-state index contributed by atoms with van der Waals surface area (Å²) in [6.07, 6.45) is 4.54. The lowest BCUT2D eigenvalue weighted by Crippen LogP contribution is -2.37. The fourth-order valence-corrected chi connectivity index (χ4v) is 2.66. The second-order valence-electron chi connectivity index (χ2n) is 5.72. The Labute approximate surface area is 147 Å². The van der Waals surface area contributed by atoms with Gasteiger partial charge in [-0.1, -0.05) is 30.3 Å². The summed E-state index contributed by atoms with van der Waals surface area (Å²) in [5, 5.41) is 11.2. The summed E-state index contributed by atoms with van der Waals surface area (Å²) in [6, 6.07) is 14.1. The van der Waals surface area contributed by atoms with Crippen molar-refractivity contribution in [1.29, 1.82) is 0 Å². The number of hydrogen-bond donors (Lipinski definition) is 2. The minimum atomic E-state index is 0.651. The highest BCUT2D eigenvalue weighted by atomic mass is 16.3. The molecule has 0 aliphatic carbocycles. The van der Waals surface area contributed by atoms with Gasteiger partial charge in [0, 0.05) is 50.9 Å². The topological polar surface area (TPSA) is 67.4 Å². The molecule has 6 heteroatoms. The summed E-state index contributed by atoms with van der Waals surface area (Å²) in [5.41, 5.74) is 3.23. The predicted octanol–water partition coefficient (Wildman–Crippen LogP) is 2.59. The Morgan fingerprint density at radius 2 is 2.00 bits per heavy atom. The third-order valence-corrected chi connectivity index (χ3v) is 3.87. The second kappa shape index (κ2) is 8.19. The molecule has 0 aliphatic heterocycles.